The monoisotopic (exact) mass is 270 g/mol. The molecule has 1 heterocycles. The molecule has 2 rings (SSSR count). The number of piperidine rings is 1. The lowest BCUT2D eigenvalue weighted by Crippen LogP contribution is -2.48. The Kier molecular flexibility index (Phi) is 5.70. The summed E-state index contributed by atoms with van der Waals surface area (Å²) in [6, 6.07) is 0.628. The minimum absolute atomic E-state index is 0.628. The molecule has 1 aliphatic heterocycles. The number of thiocarbonyl (C=S) groups is 1. The van der Waals surface area contributed by atoms with Crippen molar-refractivity contribution in [2.45, 2.75) is 51.0 Å². The Labute approximate surface area is 116 Å². The highest BCUT2D eigenvalue weighted by Gasteiger charge is 2.22. The predicted molar refractivity (Wildman–Crippen MR) is 78.8 cm³/mol. The van der Waals surface area contributed by atoms with Gasteiger partial charge in [-0.15, -0.1) is 0 Å². The van der Waals surface area contributed by atoms with E-state index < -0.39 is 0 Å². The van der Waals surface area contributed by atoms with Crippen LogP contribution in [0.3, 0.4) is 0 Å². The lowest BCUT2D eigenvalue weighted by Gasteiger charge is -2.35. The molecule has 1 saturated carbocycles. The van der Waals surface area contributed by atoms with E-state index in [0.29, 0.717) is 6.04 Å². The Hall–Kier alpha value is -0.350. The zero-order valence-electron chi connectivity index (χ0n) is 11.5. The maximum Gasteiger partial charge on any atom is 0.169 e. The van der Waals surface area contributed by atoms with Gasteiger partial charge in [0.05, 0.1) is 0 Å². The second-order valence-corrected chi connectivity index (χ2v) is 6.06. The molecular formula is C14H26N2OS. The topological polar surface area (TPSA) is 24.5 Å². The quantitative estimate of drug-likeness (QED) is 0.797. The molecule has 2 fully saturated rings. The number of ether oxygens (including phenoxy) is 1. The molecule has 0 aromatic rings. The highest BCUT2D eigenvalue weighted by atomic mass is 32.1. The first-order chi connectivity index (χ1) is 8.79. The summed E-state index contributed by atoms with van der Waals surface area (Å²) >= 11 is 5.54. The minimum atomic E-state index is 0.628. The Morgan fingerprint density at radius 3 is 2.44 bits per heavy atom. The molecular weight excluding hydrogens is 244 g/mol. The predicted octanol–water partition coefficient (Wildman–Crippen LogP) is 2.55. The molecule has 2 aliphatic rings. The maximum atomic E-state index is 5.54. The second kappa shape index (κ2) is 7.29. The van der Waals surface area contributed by atoms with Crippen LogP contribution in [-0.2, 0) is 4.74 Å². The first kappa shape index (κ1) is 14.1. The van der Waals surface area contributed by atoms with Gasteiger partial charge in [-0.05, 0) is 43.8 Å². The summed E-state index contributed by atoms with van der Waals surface area (Å²) in [7, 11) is 1.79. The van der Waals surface area contributed by atoms with Gasteiger partial charge in [-0.1, -0.05) is 19.3 Å². The molecule has 0 amide bonds. The van der Waals surface area contributed by atoms with Crippen molar-refractivity contribution in [1.82, 2.24) is 10.2 Å². The number of nitrogens with one attached hydrogen (secondary N) is 1. The van der Waals surface area contributed by atoms with Crippen molar-refractivity contribution in [3.05, 3.63) is 0 Å². The van der Waals surface area contributed by atoms with Crippen molar-refractivity contribution >= 4 is 17.3 Å². The summed E-state index contributed by atoms with van der Waals surface area (Å²) in [5, 5.41) is 4.55. The Balaban J connectivity index is 1.70. The smallest absolute Gasteiger partial charge is 0.169 e. The molecule has 0 radical (unpaired) electrons. The van der Waals surface area contributed by atoms with Crippen molar-refractivity contribution in [2.24, 2.45) is 5.92 Å². The van der Waals surface area contributed by atoms with Gasteiger partial charge in [-0.3, -0.25) is 0 Å². The van der Waals surface area contributed by atoms with E-state index in [2.05, 4.69) is 10.2 Å². The fourth-order valence-corrected chi connectivity index (χ4v) is 3.40. The van der Waals surface area contributed by atoms with Crippen LogP contribution in [0.5, 0.6) is 0 Å². The van der Waals surface area contributed by atoms with Gasteiger partial charge in [0, 0.05) is 32.8 Å². The largest absolute Gasteiger partial charge is 0.384 e. The summed E-state index contributed by atoms with van der Waals surface area (Å²) < 4.78 is 5.23. The van der Waals surface area contributed by atoms with Crippen LogP contribution < -0.4 is 5.32 Å². The van der Waals surface area contributed by atoms with Gasteiger partial charge < -0.3 is 15.0 Å². The molecule has 0 spiro atoms. The van der Waals surface area contributed by atoms with Crippen molar-refractivity contribution in [2.75, 3.05) is 26.8 Å². The van der Waals surface area contributed by atoms with Crippen molar-refractivity contribution < 1.29 is 4.74 Å². The molecule has 104 valence electrons. The molecule has 0 aromatic heterocycles. The molecule has 18 heavy (non-hydrogen) atoms. The maximum absolute atomic E-state index is 5.54. The van der Waals surface area contributed by atoms with E-state index in [0.717, 1.165) is 30.7 Å². The van der Waals surface area contributed by atoms with Gasteiger partial charge in [-0.2, -0.15) is 0 Å². The van der Waals surface area contributed by atoms with Crippen LogP contribution in [0.4, 0.5) is 0 Å². The third kappa shape index (κ3) is 4.09. The molecule has 3 nitrogen and oxygen atoms in total. The van der Waals surface area contributed by atoms with Crippen LogP contribution in [0, 0.1) is 5.92 Å². The van der Waals surface area contributed by atoms with Crippen LogP contribution >= 0.6 is 12.2 Å². The van der Waals surface area contributed by atoms with Gasteiger partial charge >= 0.3 is 0 Å². The molecule has 0 aromatic carbocycles. The van der Waals surface area contributed by atoms with E-state index in [9.17, 15) is 0 Å². The van der Waals surface area contributed by atoms with Gasteiger partial charge in [0.1, 0.15) is 0 Å². The molecule has 1 saturated heterocycles. The second-order valence-electron chi connectivity index (χ2n) is 5.67. The van der Waals surface area contributed by atoms with E-state index in [-0.39, 0.29) is 0 Å². The average molecular weight is 270 g/mol. The van der Waals surface area contributed by atoms with Crippen LogP contribution in [0.15, 0.2) is 0 Å². The Morgan fingerprint density at radius 1 is 1.17 bits per heavy atom. The molecule has 0 unspecified atom stereocenters. The van der Waals surface area contributed by atoms with E-state index in [1.165, 1.54) is 44.9 Å². The lowest BCUT2D eigenvalue weighted by molar-refractivity contribution is 0.118. The summed E-state index contributed by atoms with van der Waals surface area (Å²) in [4.78, 5) is 2.34. The third-order valence-electron chi connectivity index (χ3n) is 4.24. The van der Waals surface area contributed by atoms with Crippen LogP contribution in [0.25, 0.3) is 0 Å². The van der Waals surface area contributed by atoms with Crippen LogP contribution in [-0.4, -0.2) is 42.9 Å². The Bertz CT molecular complexity index is 259. The van der Waals surface area contributed by atoms with Crippen molar-refractivity contribution in [1.29, 1.82) is 0 Å². The lowest BCUT2D eigenvalue weighted by atomic mass is 9.95. The number of methoxy groups -OCH3 is 1. The zero-order chi connectivity index (χ0) is 12.8. The standard InChI is InChI=1S/C14H26N2OS/c1-17-11-12-7-9-16(10-8-12)14(18)15-13-5-3-2-4-6-13/h12-13H,2-11H2,1H3,(H,15,18). The number of hydrogen-bond donors (Lipinski definition) is 1. The zero-order valence-corrected chi connectivity index (χ0v) is 12.3. The summed E-state index contributed by atoms with van der Waals surface area (Å²) in [5.74, 6) is 0.726. The van der Waals surface area contributed by atoms with Crippen LogP contribution in [0.1, 0.15) is 44.9 Å². The highest BCUT2D eigenvalue weighted by Crippen LogP contribution is 2.20. The minimum Gasteiger partial charge on any atom is -0.384 e. The Morgan fingerprint density at radius 2 is 1.83 bits per heavy atom. The highest BCUT2D eigenvalue weighted by molar-refractivity contribution is 7.80. The number of hydrogen-bond acceptors (Lipinski definition) is 2. The van der Waals surface area contributed by atoms with E-state index in [1.54, 1.807) is 7.11 Å². The summed E-state index contributed by atoms with van der Waals surface area (Å²) in [6.45, 7) is 3.08. The van der Waals surface area contributed by atoms with Crippen molar-refractivity contribution in [3.63, 3.8) is 0 Å². The first-order valence-electron chi connectivity index (χ1n) is 7.34. The molecule has 1 aliphatic carbocycles. The van der Waals surface area contributed by atoms with Gasteiger partial charge in [0.15, 0.2) is 5.11 Å². The molecule has 4 heteroatoms. The third-order valence-corrected chi connectivity index (χ3v) is 4.61. The fourth-order valence-electron chi connectivity index (χ4n) is 3.05. The van der Waals surface area contributed by atoms with Gasteiger partial charge in [0.2, 0.25) is 0 Å². The van der Waals surface area contributed by atoms with Gasteiger partial charge in [0.25, 0.3) is 0 Å². The van der Waals surface area contributed by atoms with E-state index >= 15 is 0 Å². The number of rotatable bonds is 3. The van der Waals surface area contributed by atoms with E-state index in [4.69, 9.17) is 17.0 Å². The number of nitrogens with zero attached hydrogens (tertiary/aromatic N) is 1. The van der Waals surface area contributed by atoms with Crippen molar-refractivity contribution in [3.8, 4) is 0 Å². The normalized spacial score (nSPS) is 23.1. The van der Waals surface area contributed by atoms with E-state index in [1.807, 2.05) is 0 Å². The van der Waals surface area contributed by atoms with Gasteiger partial charge in [-0.25, -0.2) is 0 Å². The molecule has 1 N–H and O–H groups in total. The number of likely N-dealkylation sites (tertiary alicyclic amines) is 1. The van der Waals surface area contributed by atoms with Crippen LogP contribution in [0.2, 0.25) is 0 Å². The summed E-state index contributed by atoms with van der Waals surface area (Å²) in [5.41, 5.74) is 0. The fraction of sp³-hybridized carbons (Fsp3) is 0.929. The first-order valence-corrected chi connectivity index (χ1v) is 7.75. The average Bonchev–Trinajstić information content (AvgIpc) is 2.41. The molecule has 0 atom stereocenters. The SMILES string of the molecule is COCC1CCN(C(=S)NC2CCCCC2)CC1. The molecule has 0 bridgehead atoms. The summed E-state index contributed by atoms with van der Waals surface area (Å²) in [6.07, 6.45) is 9.11.